The van der Waals surface area contributed by atoms with Crippen LogP contribution in [0.5, 0.6) is 0 Å². The molecule has 110 valence electrons. The van der Waals surface area contributed by atoms with Crippen LogP contribution in [0.3, 0.4) is 0 Å². The van der Waals surface area contributed by atoms with Gasteiger partial charge >= 0.3 is 5.97 Å². The molecule has 1 fully saturated rings. The molecular weight excluding hydrogens is 254 g/mol. The van der Waals surface area contributed by atoms with Crippen LogP contribution in [0.25, 0.3) is 0 Å². The molecule has 4 nitrogen and oxygen atoms in total. The molecule has 0 radical (unpaired) electrons. The van der Waals surface area contributed by atoms with Crippen molar-refractivity contribution in [2.75, 3.05) is 6.54 Å². The van der Waals surface area contributed by atoms with E-state index < -0.39 is 12.0 Å². The van der Waals surface area contributed by atoms with Crippen LogP contribution in [-0.4, -0.2) is 29.8 Å². The normalized spacial score (nSPS) is 26.7. The zero-order valence-corrected chi connectivity index (χ0v) is 12.3. The number of carboxylic acids is 1. The van der Waals surface area contributed by atoms with E-state index in [9.17, 15) is 4.79 Å². The standard InChI is InChI=1S/C16H23NO3/c1-10(2)8-12-4-6-13(7-5-12)14-9-17-15(16(18)19)11(3)20-14/h4-7,10-11,14-15,17H,8-9H2,1-3H3,(H,18,19). The summed E-state index contributed by atoms with van der Waals surface area (Å²) in [6, 6.07) is 7.81. The number of ether oxygens (including phenoxy) is 1. The van der Waals surface area contributed by atoms with Crippen LogP contribution in [0, 0.1) is 5.92 Å². The Bertz CT molecular complexity index is 455. The maximum Gasteiger partial charge on any atom is 0.323 e. The lowest BCUT2D eigenvalue weighted by Gasteiger charge is -2.33. The molecule has 0 saturated carbocycles. The topological polar surface area (TPSA) is 58.6 Å². The lowest BCUT2D eigenvalue weighted by Crippen LogP contribution is -2.52. The largest absolute Gasteiger partial charge is 0.480 e. The number of aliphatic carboxylic acids is 1. The third-order valence-electron chi connectivity index (χ3n) is 3.63. The molecule has 3 unspecified atom stereocenters. The van der Waals surface area contributed by atoms with Crippen molar-refractivity contribution in [3.8, 4) is 0 Å². The number of hydrogen-bond donors (Lipinski definition) is 2. The van der Waals surface area contributed by atoms with Gasteiger partial charge in [-0.25, -0.2) is 0 Å². The van der Waals surface area contributed by atoms with Gasteiger partial charge in [-0.1, -0.05) is 38.1 Å². The molecule has 0 aliphatic carbocycles. The molecule has 0 spiro atoms. The zero-order valence-electron chi connectivity index (χ0n) is 12.3. The molecule has 20 heavy (non-hydrogen) atoms. The SMILES string of the molecule is CC(C)Cc1ccc(C2CNC(C(=O)O)C(C)O2)cc1. The summed E-state index contributed by atoms with van der Waals surface area (Å²) >= 11 is 0. The van der Waals surface area contributed by atoms with Gasteiger partial charge in [-0.2, -0.15) is 0 Å². The molecule has 1 aromatic carbocycles. The minimum Gasteiger partial charge on any atom is -0.480 e. The molecule has 4 heteroatoms. The van der Waals surface area contributed by atoms with Crippen molar-refractivity contribution in [3.63, 3.8) is 0 Å². The van der Waals surface area contributed by atoms with Gasteiger partial charge in [0, 0.05) is 6.54 Å². The summed E-state index contributed by atoms with van der Waals surface area (Å²) in [5.74, 6) is -0.215. The third kappa shape index (κ3) is 3.58. The van der Waals surface area contributed by atoms with Gasteiger partial charge in [-0.3, -0.25) is 10.1 Å². The first-order chi connectivity index (χ1) is 9.47. The van der Waals surface area contributed by atoms with Gasteiger partial charge in [-0.15, -0.1) is 0 Å². The fourth-order valence-corrected chi connectivity index (χ4v) is 2.61. The second-order valence-electron chi connectivity index (χ2n) is 5.89. The van der Waals surface area contributed by atoms with E-state index in [1.165, 1.54) is 5.56 Å². The predicted octanol–water partition coefficient (Wildman–Crippen LogP) is 2.39. The van der Waals surface area contributed by atoms with Gasteiger partial charge in [0.25, 0.3) is 0 Å². The van der Waals surface area contributed by atoms with Crippen LogP contribution < -0.4 is 5.32 Å². The van der Waals surface area contributed by atoms with Gasteiger partial charge in [0.05, 0.1) is 12.2 Å². The molecule has 1 heterocycles. The highest BCUT2D eigenvalue weighted by molar-refractivity contribution is 5.74. The van der Waals surface area contributed by atoms with E-state index in [1.54, 1.807) is 6.92 Å². The molecule has 2 rings (SSSR count). The summed E-state index contributed by atoms with van der Waals surface area (Å²) in [6.07, 6.45) is 0.664. The average Bonchev–Trinajstić information content (AvgIpc) is 2.38. The summed E-state index contributed by atoms with van der Waals surface area (Å²) in [6.45, 7) is 6.74. The lowest BCUT2D eigenvalue weighted by atomic mass is 9.99. The summed E-state index contributed by atoms with van der Waals surface area (Å²) in [7, 11) is 0. The minimum absolute atomic E-state index is 0.0753. The van der Waals surface area contributed by atoms with Crippen LogP contribution in [0.15, 0.2) is 24.3 Å². The zero-order chi connectivity index (χ0) is 14.7. The van der Waals surface area contributed by atoms with Gasteiger partial charge in [0.1, 0.15) is 6.04 Å². The number of carbonyl (C=O) groups is 1. The van der Waals surface area contributed by atoms with Crippen molar-refractivity contribution >= 4 is 5.97 Å². The fraction of sp³-hybridized carbons (Fsp3) is 0.562. The van der Waals surface area contributed by atoms with Crippen molar-refractivity contribution < 1.29 is 14.6 Å². The number of benzene rings is 1. The Balaban J connectivity index is 2.01. The monoisotopic (exact) mass is 277 g/mol. The van der Waals surface area contributed by atoms with E-state index in [-0.39, 0.29) is 12.2 Å². The maximum atomic E-state index is 11.0. The summed E-state index contributed by atoms with van der Waals surface area (Å²) < 4.78 is 5.82. The van der Waals surface area contributed by atoms with E-state index >= 15 is 0 Å². The average molecular weight is 277 g/mol. The van der Waals surface area contributed by atoms with E-state index in [2.05, 4.69) is 43.4 Å². The summed E-state index contributed by atoms with van der Waals surface area (Å²) in [5.41, 5.74) is 2.42. The molecular formula is C16H23NO3. The minimum atomic E-state index is -0.858. The molecule has 1 aromatic rings. The van der Waals surface area contributed by atoms with Gasteiger partial charge in [0.2, 0.25) is 0 Å². The first kappa shape index (κ1) is 15.0. The Labute approximate surface area is 120 Å². The Morgan fingerprint density at radius 3 is 2.55 bits per heavy atom. The van der Waals surface area contributed by atoms with Crippen LogP contribution >= 0.6 is 0 Å². The molecule has 0 amide bonds. The lowest BCUT2D eigenvalue weighted by molar-refractivity contribution is -0.149. The quantitative estimate of drug-likeness (QED) is 0.887. The van der Waals surface area contributed by atoms with E-state index in [4.69, 9.17) is 9.84 Å². The molecule has 2 N–H and O–H groups in total. The van der Waals surface area contributed by atoms with Gasteiger partial charge < -0.3 is 9.84 Å². The van der Waals surface area contributed by atoms with E-state index in [1.807, 2.05) is 0 Å². The second kappa shape index (κ2) is 6.37. The van der Waals surface area contributed by atoms with Crippen molar-refractivity contribution in [1.29, 1.82) is 0 Å². The Hall–Kier alpha value is -1.39. The molecule has 3 atom stereocenters. The highest BCUT2D eigenvalue weighted by Crippen LogP contribution is 2.24. The predicted molar refractivity (Wildman–Crippen MR) is 77.7 cm³/mol. The fourth-order valence-electron chi connectivity index (χ4n) is 2.61. The smallest absolute Gasteiger partial charge is 0.323 e. The van der Waals surface area contributed by atoms with Crippen LogP contribution in [-0.2, 0) is 16.0 Å². The second-order valence-corrected chi connectivity index (χ2v) is 5.89. The van der Waals surface area contributed by atoms with Crippen LogP contribution in [0.2, 0.25) is 0 Å². The van der Waals surface area contributed by atoms with Crippen molar-refractivity contribution in [2.45, 2.75) is 45.4 Å². The highest BCUT2D eigenvalue weighted by Gasteiger charge is 2.33. The molecule has 0 aromatic heterocycles. The van der Waals surface area contributed by atoms with E-state index in [0.29, 0.717) is 12.5 Å². The van der Waals surface area contributed by atoms with E-state index in [0.717, 1.165) is 12.0 Å². The third-order valence-corrected chi connectivity index (χ3v) is 3.63. The van der Waals surface area contributed by atoms with Gasteiger partial charge in [-0.05, 0) is 30.4 Å². The molecule has 1 aliphatic rings. The number of carboxylic acid groups (broad SMARTS) is 1. The van der Waals surface area contributed by atoms with Crippen LogP contribution in [0.4, 0.5) is 0 Å². The number of nitrogens with one attached hydrogen (secondary N) is 1. The Morgan fingerprint density at radius 1 is 1.40 bits per heavy atom. The maximum absolute atomic E-state index is 11.0. The molecule has 0 bridgehead atoms. The number of hydrogen-bond acceptors (Lipinski definition) is 3. The summed E-state index contributed by atoms with van der Waals surface area (Å²) in [4.78, 5) is 11.0. The first-order valence-corrected chi connectivity index (χ1v) is 7.18. The Morgan fingerprint density at radius 2 is 2.05 bits per heavy atom. The van der Waals surface area contributed by atoms with Crippen molar-refractivity contribution in [3.05, 3.63) is 35.4 Å². The number of morpholine rings is 1. The Kier molecular flexibility index (Phi) is 4.78. The highest BCUT2D eigenvalue weighted by atomic mass is 16.5. The summed E-state index contributed by atoms with van der Waals surface area (Å²) in [5, 5.41) is 12.1. The number of rotatable bonds is 4. The first-order valence-electron chi connectivity index (χ1n) is 7.18. The van der Waals surface area contributed by atoms with Crippen LogP contribution in [0.1, 0.15) is 38.0 Å². The van der Waals surface area contributed by atoms with Gasteiger partial charge in [0.15, 0.2) is 0 Å². The van der Waals surface area contributed by atoms with Crippen molar-refractivity contribution in [2.24, 2.45) is 5.92 Å². The molecule has 1 saturated heterocycles. The van der Waals surface area contributed by atoms with Crippen molar-refractivity contribution in [1.82, 2.24) is 5.32 Å². The molecule has 1 aliphatic heterocycles.